The van der Waals surface area contributed by atoms with E-state index in [0.717, 1.165) is 0 Å². The molecule has 0 aliphatic heterocycles. The average molecular weight is 265 g/mol. The van der Waals surface area contributed by atoms with Gasteiger partial charge in [0.1, 0.15) is 5.75 Å². The number of rotatable bonds is 4. The number of nitro benzene ring substituents is 1. The van der Waals surface area contributed by atoms with Crippen LogP contribution in [0, 0.1) is 10.1 Å². The predicted molar refractivity (Wildman–Crippen MR) is 67.0 cm³/mol. The van der Waals surface area contributed by atoms with E-state index < -0.39 is 4.92 Å². The molecule has 1 aromatic heterocycles. The van der Waals surface area contributed by atoms with Gasteiger partial charge in [0.15, 0.2) is 5.16 Å². The van der Waals surface area contributed by atoms with E-state index in [1.165, 1.54) is 24.9 Å². The molecule has 0 N–H and O–H groups in total. The first-order valence-corrected chi connectivity index (χ1v) is 5.91. The molecule has 6 nitrogen and oxygen atoms in total. The van der Waals surface area contributed by atoms with Gasteiger partial charge in [0.2, 0.25) is 0 Å². The molecule has 0 amide bonds. The van der Waals surface area contributed by atoms with E-state index >= 15 is 0 Å². The monoisotopic (exact) mass is 265 g/mol. The molecule has 0 aliphatic rings. The van der Waals surface area contributed by atoms with Crippen LogP contribution in [0.15, 0.2) is 40.6 Å². The van der Waals surface area contributed by atoms with Crippen LogP contribution < -0.4 is 4.74 Å². The Labute approximate surface area is 108 Å². The number of nitrogens with zero attached hydrogens (tertiary/aromatic N) is 3. The summed E-state index contributed by atoms with van der Waals surface area (Å²) in [6, 6.07) is 4.76. The van der Waals surface area contributed by atoms with Gasteiger partial charge in [-0.05, 0) is 23.9 Å². The van der Waals surface area contributed by atoms with Crippen molar-refractivity contribution in [1.29, 1.82) is 0 Å². The van der Waals surface area contributed by atoms with Gasteiger partial charge in [0.25, 0.3) is 5.69 Å². The fourth-order valence-electron chi connectivity index (χ4n) is 1.40. The summed E-state index contributed by atoms with van der Waals surface area (Å²) in [7, 11) is 3.31. The van der Waals surface area contributed by atoms with Crippen molar-refractivity contribution < 1.29 is 9.66 Å². The number of hydrogen-bond acceptors (Lipinski definition) is 5. The molecule has 2 aromatic rings. The van der Waals surface area contributed by atoms with Crippen LogP contribution in [0.25, 0.3) is 0 Å². The van der Waals surface area contributed by atoms with Crippen LogP contribution in [0.2, 0.25) is 0 Å². The zero-order chi connectivity index (χ0) is 13.1. The molecule has 0 bridgehead atoms. The molecule has 0 saturated carbocycles. The Morgan fingerprint density at radius 3 is 2.83 bits per heavy atom. The normalized spacial score (nSPS) is 10.3. The van der Waals surface area contributed by atoms with Gasteiger partial charge in [-0.3, -0.25) is 10.1 Å². The van der Waals surface area contributed by atoms with E-state index in [4.69, 9.17) is 4.74 Å². The van der Waals surface area contributed by atoms with Gasteiger partial charge in [-0.1, -0.05) is 0 Å². The third-order valence-electron chi connectivity index (χ3n) is 2.34. The van der Waals surface area contributed by atoms with Crippen LogP contribution in [0.5, 0.6) is 5.75 Å². The Bertz CT molecular complexity index is 583. The third-order valence-corrected chi connectivity index (χ3v) is 3.48. The topological polar surface area (TPSA) is 70.2 Å². The minimum Gasteiger partial charge on any atom is -0.497 e. The maximum atomic E-state index is 11.0. The van der Waals surface area contributed by atoms with Crippen LogP contribution >= 0.6 is 11.8 Å². The first-order valence-electron chi connectivity index (χ1n) is 5.09. The molecule has 0 spiro atoms. The first kappa shape index (κ1) is 12.4. The summed E-state index contributed by atoms with van der Waals surface area (Å²) in [6.07, 6.45) is 3.44. The van der Waals surface area contributed by atoms with Gasteiger partial charge >= 0.3 is 0 Å². The van der Waals surface area contributed by atoms with Crippen molar-refractivity contribution >= 4 is 17.4 Å². The van der Waals surface area contributed by atoms with Gasteiger partial charge in [-0.2, -0.15) is 0 Å². The number of imidazole rings is 1. The van der Waals surface area contributed by atoms with E-state index in [0.29, 0.717) is 15.8 Å². The maximum absolute atomic E-state index is 11.0. The Morgan fingerprint density at radius 2 is 2.28 bits per heavy atom. The zero-order valence-corrected chi connectivity index (χ0v) is 10.7. The molecule has 0 atom stereocenters. The fraction of sp³-hybridized carbons (Fsp3) is 0.182. The highest BCUT2D eigenvalue weighted by molar-refractivity contribution is 7.99. The van der Waals surface area contributed by atoms with Crippen LogP contribution in [-0.4, -0.2) is 21.6 Å². The highest BCUT2D eigenvalue weighted by Crippen LogP contribution is 2.35. The molecule has 1 aromatic carbocycles. The van der Waals surface area contributed by atoms with Crippen LogP contribution in [0.3, 0.4) is 0 Å². The van der Waals surface area contributed by atoms with E-state index in [-0.39, 0.29) is 5.69 Å². The third kappa shape index (κ3) is 2.45. The lowest BCUT2D eigenvalue weighted by atomic mass is 10.3. The average Bonchev–Trinajstić information content (AvgIpc) is 2.75. The van der Waals surface area contributed by atoms with Gasteiger partial charge in [0, 0.05) is 19.4 Å². The standard InChI is InChI=1S/C11H11N3O3S/c1-13-6-5-12-11(13)18-10-4-3-8(17-2)7-9(10)14(15)16/h3-7H,1-2H3. The number of aromatic nitrogens is 2. The molecule has 2 rings (SSSR count). The van der Waals surface area contributed by atoms with Gasteiger partial charge in [-0.25, -0.2) is 4.98 Å². The molecule has 0 unspecified atom stereocenters. The number of methoxy groups -OCH3 is 1. The van der Waals surface area contributed by atoms with Crippen molar-refractivity contribution in [3.8, 4) is 5.75 Å². The second kappa shape index (κ2) is 5.09. The van der Waals surface area contributed by atoms with E-state index in [1.807, 2.05) is 7.05 Å². The van der Waals surface area contributed by atoms with Crippen molar-refractivity contribution in [3.63, 3.8) is 0 Å². The number of nitro groups is 1. The summed E-state index contributed by atoms with van der Waals surface area (Å²) < 4.78 is 6.79. The Kier molecular flexibility index (Phi) is 3.52. The first-order chi connectivity index (χ1) is 8.61. The molecule has 18 heavy (non-hydrogen) atoms. The minimum absolute atomic E-state index is 0.0161. The number of benzene rings is 1. The van der Waals surface area contributed by atoms with Crippen molar-refractivity contribution in [3.05, 3.63) is 40.7 Å². The predicted octanol–water partition coefficient (Wildman–Crippen LogP) is 2.49. The summed E-state index contributed by atoms with van der Waals surface area (Å²) in [5.74, 6) is 0.464. The molecule has 7 heteroatoms. The summed E-state index contributed by atoms with van der Waals surface area (Å²) in [4.78, 5) is 15.3. The summed E-state index contributed by atoms with van der Waals surface area (Å²) in [6.45, 7) is 0. The van der Waals surface area contributed by atoms with Gasteiger partial charge in [0.05, 0.1) is 23.0 Å². The summed E-state index contributed by atoms with van der Waals surface area (Å²) >= 11 is 1.25. The van der Waals surface area contributed by atoms with Crippen molar-refractivity contribution in [2.24, 2.45) is 7.05 Å². The van der Waals surface area contributed by atoms with Gasteiger partial charge in [-0.15, -0.1) is 0 Å². The fourth-order valence-corrected chi connectivity index (χ4v) is 2.29. The van der Waals surface area contributed by atoms with Crippen LogP contribution in [0.1, 0.15) is 0 Å². The minimum atomic E-state index is -0.423. The largest absolute Gasteiger partial charge is 0.497 e. The van der Waals surface area contributed by atoms with Crippen LogP contribution in [-0.2, 0) is 7.05 Å². The highest BCUT2D eigenvalue weighted by Gasteiger charge is 2.17. The molecule has 0 radical (unpaired) electrons. The lowest BCUT2D eigenvalue weighted by Gasteiger charge is -2.05. The van der Waals surface area contributed by atoms with Gasteiger partial charge < -0.3 is 9.30 Å². The summed E-state index contributed by atoms with van der Waals surface area (Å²) in [5.41, 5.74) is 0.0161. The number of aryl methyl sites for hydroxylation is 1. The lowest BCUT2D eigenvalue weighted by molar-refractivity contribution is -0.387. The summed E-state index contributed by atoms with van der Waals surface area (Å²) in [5, 5.41) is 11.7. The quantitative estimate of drug-likeness (QED) is 0.627. The lowest BCUT2D eigenvalue weighted by Crippen LogP contribution is -1.94. The zero-order valence-electron chi connectivity index (χ0n) is 9.86. The van der Waals surface area contributed by atoms with Crippen LogP contribution in [0.4, 0.5) is 5.69 Å². The number of hydrogen-bond donors (Lipinski definition) is 0. The molecule has 0 aliphatic carbocycles. The molecular formula is C11H11N3O3S. The molecule has 0 fully saturated rings. The Hall–Kier alpha value is -2.02. The highest BCUT2D eigenvalue weighted by atomic mass is 32.2. The van der Waals surface area contributed by atoms with E-state index in [1.54, 1.807) is 29.1 Å². The molecular weight excluding hydrogens is 254 g/mol. The smallest absolute Gasteiger partial charge is 0.287 e. The van der Waals surface area contributed by atoms with E-state index in [2.05, 4.69) is 4.98 Å². The second-order valence-electron chi connectivity index (χ2n) is 3.51. The Morgan fingerprint density at radius 1 is 1.50 bits per heavy atom. The van der Waals surface area contributed by atoms with Crippen molar-refractivity contribution in [2.75, 3.05) is 7.11 Å². The second-order valence-corrected chi connectivity index (χ2v) is 4.52. The van der Waals surface area contributed by atoms with E-state index in [9.17, 15) is 10.1 Å². The molecule has 0 saturated heterocycles. The maximum Gasteiger partial charge on any atom is 0.287 e. The molecule has 1 heterocycles. The number of ether oxygens (including phenoxy) is 1. The molecule has 94 valence electrons. The SMILES string of the molecule is COc1ccc(Sc2nccn2C)c([N+](=O)[O-])c1. The van der Waals surface area contributed by atoms with Crippen molar-refractivity contribution in [1.82, 2.24) is 9.55 Å². The Balaban J connectivity index is 2.38. The van der Waals surface area contributed by atoms with Crippen molar-refractivity contribution in [2.45, 2.75) is 10.1 Å².